The third-order valence-electron chi connectivity index (χ3n) is 29.6. The van der Waals surface area contributed by atoms with Crippen LogP contribution in [0.5, 0.6) is 5.75 Å². The van der Waals surface area contributed by atoms with Crippen molar-refractivity contribution >= 4 is 117 Å². The van der Waals surface area contributed by atoms with Gasteiger partial charge in [-0.05, 0) is 168 Å². The average Bonchev–Trinajstić information content (AvgIpc) is 1.53. The third-order valence-corrected chi connectivity index (χ3v) is 30.5. The van der Waals surface area contributed by atoms with Crippen LogP contribution in [0.4, 0.5) is 27.6 Å². The van der Waals surface area contributed by atoms with Gasteiger partial charge in [0.2, 0.25) is 58.6 Å². The van der Waals surface area contributed by atoms with Crippen molar-refractivity contribution in [3.63, 3.8) is 0 Å². The summed E-state index contributed by atoms with van der Waals surface area (Å²) in [6, 6.07) is -7.68. The number of likely N-dealkylation sites (tertiary alicyclic amines) is 3. The molecule has 1 aromatic heterocycles. The molecule has 0 radical (unpaired) electrons. The molecule has 18 atom stereocenters. The van der Waals surface area contributed by atoms with Crippen molar-refractivity contribution in [1.82, 2.24) is 78.2 Å². The molecule has 4 heterocycles. The van der Waals surface area contributed by atoms with Crippen molar-refractivity contribution in [2.45, 2.75) is 307 Å². The molecule has 39 heteroatoms. The molecular formula is C101H149F3N16O19S. The van der Waals surface area contributed by atoms with Gasteiger partial charge < -0.3 is 83.7 Å². The molecule has 3 saturated heterocycles. The Morgan fingerprint density at radius 1 is 0.521 bits per heavy atom. The smallest absolute Gasteiger partial charge is 0.389 e. The zero-order valence-electron chi connectivity index (χ0n) is 84.9. The second kappa shape index (κ2) is 45.9. The fourth-order valence-corrected chi connectivity index (χ4v) is 21.4. The Hall–Kier alpha value is -11.0. The molecule has 6 saturated carbocycles. The van der Waals surface area contributed by atoms with Crippen LogP contribution in [0.3, 0.4) is 0 Å². The van der Waals surface area contributed by atoms with Crippen molar-refractivity contribution in [1.29, 1.82) is 0 Å². The molecular weight excluding hydrogens is 1830 g/mol. The number of carbonyl (C=O) groups is 18. The Labute approximate surface area is 823 Å². The fourth-order valence-electron chi connectivity index (χ4n) is 20.7. The number of piperidine rings is 3. The SMILES string of the molecule is C=CCNC(=O)C(=O)C(CCC(F)(F)F)NC(=O)[C@@H]1[C@@H]2[C@H](CN1C(=O)[C@@H](NC(=O)N[C@H](C(=O)C1CC1)C(C)C)C1CCCCC1)C2(C)C.C=CCNC(=O)C(=O)C(CCC)NC(=O)[C@@H]1[C@@H]2[C@H](CN1C(=O)[C@@H](NC(=O)N[C@H](C(=O)c1ccc(OC)cc1)C(C)C)C(C)(C)C)C2(C)C.Cc1cnc(C(=O)[C@@H](NC(=O)N[C@H](C(=O)N2C[C@H]3[C@@H]([C@H]2C(=O)NC(CC2CC2)C(=O)C(N)=O)C3(C)C)C(C)(C)C)C(C)C)s1. The number of hydrogen-bond donors (Lipinski definition) is 12. The molecule has 2 aromatic rings. The van der Waals surface area contributed by atoms with Gasteiger partial charge in [-0.3, -0.25) is 71.9 Å². The number of fused-ring (bicyclic) bond motifs is 3. The largest absolute Gasteiger partial charge is 0.497 e. The first-order valence-corrected chi connectivity index (χ1v) is 50.0. The Morgan fingerprint density at radius 3 is 1.29 bits per heavy atom. The number of nitrogens with zero attached hydrogens (tertiary/aromatic N) is 4. The minimum absolute atomic E-state index is 0.0351. The summed E-state index contributed by atoms with van der Waals surface area (Å²) in [5.74, 6) is -10.5. The van der Waals surface area contributed by atoms with Gasteiger partial charge in [-0.15, -0.1) is 24.5 Å². The summed E-state index contributed by atoms with van der Waals surface area (Å²) >= 11 is 1.25. The lowest BCUT2D eigenvalue weighted by molar-refractivity contribution is -0.147. The number of carbonyl (C=O) groups excluding carboxylic acids is 18. The molecule has 0 bridgehead atoms. The summed E-state index contributed by atoms with van der Waals surface area (Å²) in [5, 5.41) is 29.7. The number of ketones is 6. The number of primary amides is 1. The summed E-state index contributed by atoms with van der Waals surface area (Å²) in [5.41, 5.74) is 3.41. The van der Waals surface area contributed by atoms with E-state index in [1.165, 1.54) is 45.3 Å². The molecule has 0 spiro atoms. The number of rotatable bonds is 42. The van der Waals surface area contributed by atoms with Gasteiger partial charge in [0.1, 0.15) is 42.0 Å². The molecule has 1 aromatic carbocycles. The number of hydrogen-bond acceptors (Lipinski definition) is 21. The van der Waals surface area contributed by atoms with Crippen LogP contribution in [0, 0.1) is 105 Å². The highest BCUT2D eigenvalue weighted by Gasteiger charge is 2.73. The van der Waals surface area contributed by atoms with E-state index >= 15 is 0 Å². The number of halogens is 3. The average molecular weight is 1980 g/mol. The van der Waals surface area contributed by atoms with Crippen LogP contribution < -0.4 is 69.0 Å². The molecule has 6 aliphatic carbocycles. The first kappa shape index (κ1) is 113. The molecule has 13 N–H and O–H groups in total. The number of alkyl halides is 3. The van der Waals surface area contributed by atoms with E-state index in [4.69, 9.17) is 10.5 Å². The van der Waals surface area contributed by atoms with Crippen LogP contribution in [-0.4, -0.2) is 244 Å². The highest BCUT2D eigenvalue weighted by Crippen LogP contribution is 2.67. The quantitative estimate of drug-likeness (QED) is 0.0168. The normalized spacial score (nSPS) is 23.5. The van der Waals surface area contributed by atoms with E-state index in [0.29, 0.717) is 55.1 Å². The number of thiazole rings is 1. The van der Waals surface area contributed by atoms with Crippen molar-refractivity contribution in [3.05, 3.63) is 71.2 Å². The van der Waals surface area contributed by atoms with Gasteiger partial charge in [0.15, 0.2) is 16.6 Å². The second-order valence-corrected chi connectivity index (χ2v) is 45.6. The summed E-state index contributed by atoms with van der Waals surface area (Å²) in [4.78, 5) is 249. The lowest BCUT2D eigenvalue weighted by atomic mass is 9.83. The van der Waals surface area contributed by atoms with Gasteiger partial charge in [-0.1, -0.05) is 182 Å². The molecule has 15 amide bonds. The molecule has 11 rings (SSSR count). The van der Waals surface area contributed by atoms with E-state index in [1.807, 2.05) is 138 Å². The van der Waals surface area contributed by atoms with Crippen molar-refractivity contribution in [2.24, 2.45) is 104 Å². The number of urea groups is 3. The maximum atomic E-state index is 14.4. The maximum Gasteiger partial charge on any atom is 0.389 e. The lowest BCUT2D eigenvalue weighted by Crippen LogP contribution is -2.62. The van der Waals surface area contributed by atoms with Crippen molar-refractivity contribution in [3.8, 4) is 5.75 Å². The zero-order chi connectivity index (χ0) is 105. The summed E-state index contributed by atoms with van der Waals surface area (Å²) in [7, 11) is 1.53. The molecule has 3 unspecified atom stereocenters. The fraction of sp³-hybridized carbons (Fsp3) is 0.693. The number of benzene rings is 1. The van der Waals surface area contributed by atoms with E-state index in [-0.39, 0.29) is 131 Å². The third kappa shape index (κ3) is 27.4. The highest BCUT2D eigenvalue weighted by atomic mass is 32.1. The number of aromatic nitrogens is 1. The second-order valence-electron chi connectivity index (χ2n) is 44.3. The van der Waals surface area contributed by atoms with E-state index < -0.39 is 191 Å². The minimum Gasteiger partial charge on any atom is -0.497 e. The number of nitrogens with one attached hydrogen (secondary N) is 11. The van der Waals surface area contributed by atoms with Crippen LogP contribution >= 0.6 is 11.3 Å². The van der Waals surface area contributed by atoms with E-state index in [1.54, 1.807) is 30.5 Å². The molecule has 35 nitrogen and oxygen atoms in total. The minimum atomic E-state index is -4.64. The standard InChI is InChI=1S/C36H53N5O7.C34H50F3N5O6.C31H46N6O6S/c1-11-13-24(29(43)32(45)37-18-12-2)38-31(44)27-25-23(36(25,8)9)19-41(27)33(46)30(35(5,6)7)40-34(47)39-26(20(3)4)28(42)21-14-16-22(48-10)17-15-21;1-6-16-38-30(46)28(44)22(14-15-34(35,36)37)39-29(45)26-23-21(33(23,4)5)17-42(26)31(47)25(19-10-8-7-9-11-19)41-32(48)40-24(18(2)3)27(43)20-12-13-20;1-14(2)20(23(39)27-33-12-15(3)44-27)35-29(43)36-24(30(4,5)6)28(42)37-13-17-19(31(17,7)8)21(37)26(41)34-18(11-16-9-10-16)22(38)25(32)40/h12,14-17,20,23-27,30H,2,11,13,18-19H2,1,3-10H3,(H,37,45)(H,38,44)(H2,39,40,47);6,18-26H,1,7-17H2,2-5H3,(H,38,46)(H,39,45)(H2,40,41,48);12,14,16-21,24H,9-11,13H2,1-8H3,(H2,32,40)(H,34,41)(H2,35,36,43)/t23-,24?,25-,26-,27-,30+;21-,22?,23-,24-,25-,26-;17-,18?,19-,20-,21-,24+/m000/s1. The predicted molar refractivity (Wildman–Crippen MR) is 517 cm³/mol. The lowest BCUT2D eigenvalue weighted by Gasteiger charge is -2.38. The predicted octanol–water partition coefficient (Wildman–Crippen LogP) is 8.87. The number of Topliss-reactive ketones (excluding diaryl/α,β-unsaturated/α-hetero) is 6. The topological polar surface area (TPSA) is 497 Å². The monoisotopic (exact) mass is 1980 g/mol. The van der Waals surface area contributed by atoms with Gasteiger partial charge >= 0.3 is 24.3 Å². The Morgan fingerprint density at radius 2 is 0.921 bits per heavy atom. The van der Waals surface area contributed by atoms with E-state index in [9.17, 15) is 99.5 Å². The van der Waals surface area contributed by atoms with Crippen molar-refractivity contribution in [2.75, 3.05) is 39.8 Å². The Bertz CT molecular complexity index is 4990. The number of nitrogens with two attached hydrogens (primary N) is 1. The van der Waals surface area contributed by atoms with Crippen LogP contribution in [-0.2, 0) is 62.3 Å². The van der Waals surface area contributed by atoms with Crippen LogP contribution in [0.2, 0.25) is 0 Å². The van der Waals surface area contributed by atoms with Gasteiger partial charge in [0.25, 0.3) is 17.7 Å². The summed E-state index contributed by atoms with van der Waals surface area (Å²) in [6.45, 7) is 45.4. The van der Waals surface area contributed by atoms with Gasteiger partial charge in [0, 0.05) is 61.7 Å². The number of aryl methyl sites for hydroxylation is 1. The number of ether oxygens (including phenoxy) is 1. The van der Waals surface area contributed by atoms with E-state index in [2.05, 4.69) is 76.6 Å². The van der Waals surface area contributed by atoms with Crippen LogP contribution in [0.25, 0.3) is 0 Å². The van der Waals surface area contributed by atoms with Crippen LogP contribution in [0.1, 0.15) is 246 Å². The molecule has 140 heavy (non-hydrogen) atoms. The molecule has 9 fully saturated rings. The molecule has 3 aliphatic heterocycles. The first-order chi connectivity index (χ1) is 65.2. The Balaban J connectivity index is 0.000000235. The maximum absolute atomic E-state index is 14.4. The Kier molecular flexibility index (Phi) is 36.9. The zero-order valence-corrected chi connectivity index (χ0v) is 85.7. The van der Waals surface area contributed by atoms with Crippen molar-refractivity contribution < 1.29 is 104 Å². The van der Waals surface area contributed by atoms with E-state index in [0.717, 1.165) is 49.8 Å². The van der Waals surface area contributed by atoms with Gasteiger partial charge in [0.05, 0.1) is 43.4 Å². The van der Waals surface area contributed by atoms with Crippen LogP contribution in [0.15, 0.2) is 55.8 Å². The number of amides is 15. The first-order valence-electron chi connectivity index (χ1n) is 49.2. The molecule has 774 valence electrons. The van der Waals surface area contributed by atoms with Gasteiger partial charge in [-0.25, -0.2) is 19.4 Å². The molecule has 9 aliphatic rings. The number of methoxy groups -OCH3 is 1. The summed E-state index contributed by atoms with van der Waals surface area (Å²) in [6.07, 6.45) is 6.01. The van der Waals surface area contributed by atoms with Gasteiger partial charge in [-0.2, -0.15) is 13.2 Å². The summed E-state index contributed by atoms with van der Waals surface area (Å²) < 4.78 is 44.8. The highest BCUT2D eigenvalue weighted by molar-refractivity contribution is 7.13.